The molecule has 0 radical (unpaired) electrons. The summed E-state index contributed by atoms with van der Waals surface area (Å²) >= 11 is 0.978. The number of aromatic nitrogens is 2. The number of halogens is 6. The normalized spacial score (nSPS) is 13.9. The van der Waals surface area contributed by atoms with Gasteiger partial charge in [-0.25, -0.2) is 0 Å². The number of unbranched alkanes of at least 4 members (excludes halogenated alkanes) is 1. The minimum atomic E-state index is -4.70. The second-order valence-electron chi connectivity index (χ2n) is 8.13. The van der Waals surface area contributed by atoms with Crippen LogP contribution in [0.2, 0.25) is 0 Å². The molecule has 0 saturated carbocycles. The van der Waals surface area contributed by atoms with Gasteiger partial charge in [0.05, 0.1) is 36.5 Å². The van der Waals surface area contributed by atoms with Crippen molar-refractivity contribution in [1.82, 2.24) is 10.2 Å². The molecule has 0 bridgehead atoms. The van der Waals surface area contributed by atoms with Crippen LogP contribution in [-0.2, 0) is 17.9 Å². The Hall–Kier alpha value is -2.90. The lowest BCUT2D eigenvalue weighted by atomic mass is 10.1. The van der Waals surface area contributed by atoms with Gasteiger partial charge < -0.3 is 20.3 Å². The van der Waals surface area contributed by atoms with Crippen LogP contribution in [0.1, 0.15) is 35.9 Å². The lowest BCUT2D eigenvalue weighted by molar-refractivity contribution is -0.139. The summed E-state index contributed by atoms with van der Waals surface area (Å²) in [4.78, 5) is 0. The highest BCUT2D eigenvalue weighted by Crippen LogP contribution is 2.40. The molecule has 0 spiro atoms. The van der Waals surface area contributed by atoms with Gasteiger partial charge in [-0.05, 0) is 56.2 Å². The summed E-state index contributed by atoms with van der Waals surface area (Å²) in [5.74, 6) is -0.316. The zero-order valence-electron chi connectivity index (χ0n) is 19.0. The first-order valence-electron chi connectivity index (χ1n) is 10.7. The van der Waals surface area contributed by atoms with Crippen molar-refractivity contribution >= 4 is 11.3 Å². The molecule has 0 fully saturated rings. The van der Waals surface area contributed by atoms with E-state index in [0.29, 0.717) is 12.8 Å². The molecule has 3 rings (SSSR count). The van der Waals surface area contributed by atoms with Crippen LogP contribution in [-0.4, -0.2) is 35.1 Å². The van der Waals surface area contributed by atoms with E-state index in [1.54, 1.807) is 0 Å². The molecule has 3 aromatic rings. The summed E-state index contributed by atoms with van der Waals surface area (Å²) in [6.07, 6.45) is -8.51. The van der Waals surface area contributed by atoms with Crippen molar-refractivity contribution in [3.8, 4) is 22.1 Å². The van der Waals surface area contributed by atoms with Crippen LogP contribution in [0.4, 0.5) is 26.3 Å². The molecule has 1 aromatic heterocycles. The second-order valence-corrected chi connectivity index (χ2v) is 9.10. The topological polar surface area (TPSA) is 90.5 Å². The number of nitrogens with zero attached hydrogens (tertiary/aromatic N) is 2. The third-order valence-corrected chi connectivity index (χ3v) is 6.25. The Morgan fingerprint density at radius 1 is 0.917 bits per heavy atom. The molecule has 1 unspecified atom stereocenters. The Labute approximate surface area is 206 Å². The second kappa shape index (κ2) is 11.0. The summed E-state index contributed by atoms with van der Waals surface area (Å²) < 4.78 is 89.9. The molecule has 6 nitrogen and oxygen atoms in total. The number of ether oxygens (including phenoxy) is 2. The van der Waals surface area contributed by atoms with E-state index in [1.165, 1.54) is 31.2 Å². The smallest absolute Gasteiger partial charge is 0.419 e. The lowest BCUT2D eigenvalue weighted by Gasteiger charge is -2.17. The SMILES string of the molecule is CC(N)(CO)c1nnc(-c2ccc(OCCCCOc3cccc(C(F)(F)F)c3)c(C(F)(F)F)c2)s1. The van der Waals surface area contributed by atoms with Crippen LogP contribution in [0, 0.1) is 0 Å². The number of benzene rings is 2. The van der Waals surface area contributed by atoms with Gasteiger partial charge in [0, 0.05) is 5.56 Å². The van der Waals surface area contributed by atoms with Gasteiger partial charge in [-0.3, -0.25) is 0 Å². The van der Waals surface area contributed by atoms with Crippen LogP contribution >= 0.6 is 11.3 Å². The Bertz CT molecular complexity index is 1160. The van der Waals surface area contributed by atoms with E-state index in [1.807, 2.05) is 0 Å². The standard InChI is InChI=1S/C23H23F6N3O3S/c1-21(30,13-33)20-32-31-19(36-20)14-7-8-18(17(11-14)23(27,28)29)35-10-3-2-9-34-16-6-4-5-15(12-16)22(24,25)26/h4-8,11-12,33H,2-3,9-10,13,30H2,1H3. The zero-order chi connectivity index (χ0) is 26.6. The van der Waals surface area contributed by atoms with Crippen LogP contribution in [0.3, 0.4) is 0 Å². The van der Waals surface area contributed by atoms with Gasteiger partial charge in [-0.15, -0.1) is 10.2 Å². The maximum atomic E-state index is 13.7. The number of alkyl halides is 6. The van der Waals surface area contributed by atoms with Gasteiger partial charge in [0.1, 0.15) is 21.5 Å². The number of rotatable bonds is 10. The third kappa shape index (κ3) is 7.08. The third-order valence-electron chi connectivity index (χ3n) is 5.00. The molecule has 2 aromatic carbocycles. The minimum Gasteiger partial charge on any atom is -0.494 e. The average Bonchev–Trinajstić information content (AvgIpc) is 3.32. The van der Waals surface area contributed by atoms with Crippen molar-refractivity contribution in [1.29, 1.82) is 0 Å². The molecule has 0 aliphatic heterocycles. The van der Waals surface area contributed by atoms with Gasteiger partial charge in [0.15, 0.2) is 0 Å². The monoisotopic (exact) mass is 535 g/mol. The zero-order valence-corrected chi connectivity index (χ0v) is 19.8. The van der Waals surface area contributed by atoms with E-state index in [2.05, 4.69) is 10.2 Å². The van der Waals surface area contributed by atoms with E-state index in [9.17, 15) is 31.4 Å². The van der Waals surface area contributed by atoms with Gasteiger partial charge in [-0.1, -0.05) is 17.4 Å². The summed E-state index contributed by atoms with van der Waals surface area (Å²) in [7, 11) is 0. The highest BCUT2D eigenvalue weighted by Gasteiger charge is 2.35. The van der Waals surface area contributed by atoms with Crippen molar-refractivity contribution in [3.63, 3.8) is 0 Å². The molecule has 3 N–H and O–H groups in total. The molecule has 0 aliphatic carbocycles. The summed E-state index contributed by atoms with van der Waals surface area (Å²) in [6.45, 7) is 1.13. The van der Waals surface area contributed by atoms with Gasteiger partial charge in [0.25, 0.3) is 0 Å². The molecular weight excluding hydrogens is 512 g/mol. The van der Waals surface area contributed by atoms with Crippen molar-refractivity contribution in [2.45, 2.75) is 37.7 Å². The summed E-state index contributed by atoms with van der Waals surface area (Å²) in [5.41, 5.74) is 3.08. The van der Waals surface area contributed by atoms with Crippen molar-refractivity contribution in [2.75, 3.05) is 19.8 Å². The van der Waals surface area contributed by atoms with E-state index in [-0.39, 0.29) is 40.3 Å². The van der Waals surface area contributed by atoms with E-state index < -0.39 is 35.6 Å². The summed E-state index contributed by atoms with van der Waals surface area (Å²) in [5, 5.41) is 17.6. The van der Waals surface area contributed by atoms with Gasteiger partial charge in [0.2, 0.25) is 0 Å². The van der Waals surface area contributed by atoms with Crippen LogP contribution in [0.25, 0.3) is 10.6 Å². The first-order valence-corrected chi connectivity index (χ1v) is 11.5. The molecule has 196 valence electrons. The largest absolute Gasteiger partial charge is 0.494 e. The van der Waals surface area contributed by atoms with Gasteiger partial charge >= 0.3 is 12.4 Å². The molecule has 1 atom stereocenters. The first-order chi connectivity index (χ1) is 16.8. The molecule has 13 heteroatoms. The number of hydrogen-bond acceptors (Lipinski definition) is 7. The Kier molecular flexibility index (Phi) is 8.47. The summed E-state index contributed by atoms with van der Waals surface area (Å²) in [6, 6.07) is 7.94. The molecule has 1 heterocycles. The predicted molar refractivity (Wildman–Crippen MR) is 121 cm³/mol. The quantitative estimate of drug-likeness (QED) is 0.258. The molecule has 36 heavy (non-hydrogen) atoms. The molecule has 0 aliphatic rings. The van der Waals surface area contributed by atoms with Crippen LogP contribution in [0.5, 0.6) is 11.5 Å². The fourth-order valence-corrected chi connectivity index (χ4v) is 3.88. The number of hydrogen-bond donors (Lipinski definition) is 2. The van der Waals surface area contributed by atoms with Crippen LogP contribution in [0.15, 0.2) is 42.5 Å². The van der Waals surface area contributed by atoms with Crippen molar-refractivity contribution in [3.05, 3.63) is 58.6 Å². The number of aliphatic hydroxyl groups is 1. The van der Waals surface area contributed by atoms with E-state index in [0.717, 1.165) is 29.5 Å². The predicted octanol–water partition coefficient (Wildman–Crippen LogP) is 5.65. The highest BCUT2D eigenvalue weighted by atomic mass is 32.1. The highest BCUT2D eigenvalue weighted by molar-refractivity contribution is 7.14. The molecular formula is C23H23F6N3O3S. The number of aliphatic hydroxyl groups excluding tert-OH is 1. The van der Waals surface area contributed by atoms with Gasteiger partial charge in [-0.2, -0.15) is 26.3 Å². The fraction of sp³-hybridized carbons (Fsp3) is 0.391. The van der Waals surface area contributed by atoms with Crippen LogP contribution < -0.4 is 15.2 Å². The Balaban J connectivity index is 1.59. The average molecular weight is 536 g/mol. The maximum Gasteiger partial charge on any atom is 0.419 e. The Morgan fingerprint density at radius 3 is 2.25 bits per heavy atom. The number of nitrogens with two attached hydrogens (primary N) is 1. The minimum absolute atomic E-state index is 0.0504. The molecule has 0 amide bonds. The maximum absolute atomic E-state index is 13.7. The van der Waals surface area contributed by atoms with Crippen molar-refractivity contribution in [2.24, 2.45) is 5.73 Å². The van der Waals surface area contributed by atoms with E-state index in [4.69, 9.17) is 15.2 Å². The first kappa shape index (κ1) is 27.7. The fourth-order valence-electron chi connectivity index (χ4n) is 2.99. The Morgan fingerprint density at radius 2 is 1.61 bits per heavy atom. The lowest BCUT2D eigenvalue weighted by Crippen LogP contribution is -2.36. The molecule has 0 saturated heterocycles. The van der Waals surface area contributed by atoms with E-state index >= 15 is 0 Å². The van der Waals surface area contributed by atoms with Crippen molar-refractivity contribution < 1.29 is 40.9 Å².